The summed E-state index contributed by atoms with van der Waals surface area (Å²) in [6.45, 7) is 1.70. The number of nitrogens with one attached hydrogen (secondary N) is 1. The van der Waals surface area contributed by atoms with Gasteiger partial charge >= 0.3 is 5.97 Å². The highest BCUT2D eigenvalue weighted by Gasteiger charge is 2.03. The van der Waals surface area contributed by atoms with E-state index < -0.39 is 5.97 Å². The lowest BCUT2D eigenvalue weighted by Gasteiger charge is -1.97. The Morgan fingerprint density at radius 1 is 1.60 bits per heavy atom. The first-order valence-electron chi connectivity index (χ1n) is 4.43. The van der Waals surface area contributed by atoms with Crippen LogP contribution < -0.4 is 5.32 Å². The Labute approximate surface area is 86.1 Å². The SMILES string of the molecule is CC(=O)NCCc1cn(CC(=O)O)nn1. The van der Waals surface area contributed by atoms with Crippen molar-refractivity contribution < 1.29 is 14.7 Å². The second-order valence-electron chi connectivity index (χ2n) is 3.03. The average Bonchev–Trinajstić information content (AvgIpc) is 2.50. The van der Waals surface area contributed by atoms with E-state index in [0.29, 0.717) is 18.7 Å². The van der Waals surface area contributed by atoms with Crippen LogP contribution in [0.15, 0.2) is 6.20 Å². The summed E-state index contributed by atoms with van der Waals surface area (Å²) in [5.74, 6) is -1.07. The van der Waals surface area contributed by atoms with Crippen LogP contribution in [-0.2, 0) is 22.6 Å². The lowest BCUT2D eigenvalue weighted by molar-refractivity contribution is -0.137. The third-order valence-electron chi connectivity index (χ3n) is 1.64. The summed E-state index contributed by atoms with van der Waals surface area (Å²) in [4.78, 5) is 20.9. The van der Waals surface area contributed by atoms with Gasteiger partial charge < -0.3 is 10.4 Å². The van der Waals surface area contributed by atoms with Gasteiger partial charge in [-0.1, -0.05) is 5.21 Å². The first kappa shape index (κ1) is 11.2. The Bertz CT molecular complexity index is 361. The maximum Gasteiger partial charge on any atom is 0.325 e. The van der Waals surface area contributed by atoms with Crippen LogP contribution >= 0.6 is 0 Å². The fraction of sp³-hybridized carbons (Fsp3) is 0.500. The summed E-state index contributed by atoms with van der Waals surface area (Å²) in [5.41, 5.74) is 0.657. The second-order valence-corrected chi connectivity index (χ2v) is 3.03. The number of amides is 1. The number of carboxylic acids is 1. The molecule has 1 rings (SSSR count). The van der Waals surface area contributed by atoms with Gasteiger partial charge in [0.15, 0.2) is 0 Å². The van der Waals surface area contributed by atoms with Crippen molar-refractivity contribution >= 4 is 11.9 Å². The average molecular weight is 212 g/mol. The number of rotatable bonds is 5. The Morgan fingerprint density at radius 2 is 2.33 bits per heavy atom. The topological polar surface area (TPSA) is 97.1 Å². The highest BCUT2D eigenvalue weighted by Crippen LogP contribution is 1.93. The number of aromatic nitrogens is 3. The van der Waals surface area contributed by atoms with Crippen LogP contribution in [-0.4, -0.2) is 38.5 Å². The lowest BCUT2D eigenvalue weighted by Crippen LogP contribution is -2.22. The maximum absolute atomic E-state index is 10.6. The molecule has 7 heteroatoms. The van der Waals surface area contributed by atoms with Crippen molar-refractivity contribution in [3.8, 4) is 0 Å². The number of hydrogen-bond acceptors (Lipinski definition) is 4. The molecule has 0 unspecified atom stereocenters. The van der Waals surface area contributed by atoms with Gasteiger partial charge in [-0.3, -0.25) is 9.59 Å². The van der Waals surface area contributed by atoms with Gasteiger partial charge in [0, 0.05) is 26.1 Å². The monoisotopic (exact) mass is 212 g/mol. The van der Waals surface area contributed by atoms with Crippen molar-refractivity contribution in [3.05, 3.63) is 11.9 Å². The Morgan fingerprint density at radius 3 is 2.93 bits per heavy atom. The van der Waals surface area contributed by atoms with E-state index in [2.05, 4.69) is 15.6 Å². The smallest absolute Gasteiger partial charge is 0.325 e. The fourth-order valence-corrected chi connectivity index (χ4v) is 1.04. The van der Waals surface area contributed by atoms with Gasteiger partial charge in [-0.25, -0.2) is 4.68 Å². The number of hydrogen-bond donors (Lipinski definition) is 2. The minimum absolute atomic E-state index is 0.104. The quantitative estimate of drug-likeness (QED) is 0.655. The molecule has 0 fully saturated rings. The minimum Gasteiger partial charge on any atom is -0.480 e. The number of carbonyl (C=O) groups excluding carboxylic acids is 1. The van der Waals surface area contributed by atoms with Gasteiger partial charge in [-0.15, -0.1) is 5.10 Å². The molecule has 0 aromatic carbocycles. The Hall–Kier alpha value is -1.92. The number of carboxylic acid groups (broad SMARTS) is 1. The molecule has 15 heavy (non-hydrogen) atoms. The molecule has 0 aliphatic carbocycles. The molecule has 0 saturated carbocycles. The summed E-state index contributed by atoms with van der Waals surface area (Å²) in [5, 5.41) is 18.5. The van der Waals surface area contributed by atoms with E-state index in [9.17, 15) is 9.59 Å². The van der Waals surface area contributed by atoms with Crippen LogP contribution in [0.25, 0.3) is 0 Å². The third-order valence-corrected chi connectivity index (χ3v) is 1.64. The summed E-state index contributed by atoms with van der Waals surface area (Å²) < 4.78 is 1.24. The van der Waals surface area contributed by atoms with E-state index in [-0.39, 0.29) is 12.5 Å². The van der Waals surface area contributed by atoms with Crippen molar-refractivity contribution in [2.24, 2.45) is 0 Å². The van der Waals surface area contributed by atoms with Crippen LogP contribution in [0.2, 0.25) is 0 Å². The number of carbonyl (C=O) groups is 2. The molecule has 2 N–H and O–H groups in total. The van der Waals surface area contributed by atoms with E-state index >= 15 is 0 Å². The Balaban J connectivity index is 2.39. The molecule has 1 aromatic heterocycles. The molecule has 0 bridgehead atoms. The zero-order valence-electron chi connectivity index (χ0n) is 8.30. The van der Waals surface area contributed by atoms with Crippen molar-refractivity contribution in [2.75, 3.05) is 6.54 Å². The normalized spacial score (nSPS) is 9.93. The van der Waals surface area contributed by atoms with Crippen LogP contribution in [0.3, 0.4) is 0 Å². The van der Waals surface area contributed by atoms with Gasteiger partial charge in [-0.05, 0) is 0 Å². The zero-order chi connectivity index (χ0) is 11.3. The standard InChI is InChI=1S/C8H12N4O3/c1-6(13)9-3-2-7-4-12(11-10-7)5-8(14)15/h4H,2-3,5H2,1H3,(H,9,13)(H,14,15). The van der Waals surface area contributed by atoms with Crippen LogP contribution in [0.1, 0.15) is 12.6 Å². The second kappa shape index (κ2) is 5.08. The first-order valence-corrected chi connectivity index (χ1v) is 4.43. The predicted octanol–water partition coefficient (Wildman–Crippen LogP) is -0.959. The van der Waals surface area contributed by atoms with Crippen molar-refractivity contribution in [1.82, 2.24) is 20.3 Å². The molecular formula is C8H12N4O3. The summed E-state index contributed by atoms with van der Waals surface area (Å²) in [7, 11) is 0. The van der Waals surface area contributed by atoms with E-state index in [4.69, 9.17) is 5.11 Å². The van der Waals surface area contributed by atoms with Crippen molar-refractivity contribution in [2.45, 2.75) is 19.9 Å². The van der Waals surface area contributed by atoms with Crippen LogP contribution in [0.5, 0.6) is 0 Å². The zero-order valence-corrected chi connectivity index (χ0v) is 8.30. The van der Waals surface area contributed by atoms with Gasteiger partial charge in [0.25, 0.3) is 0 Å². The lowest BCUT2D eigenvalue weighted by atomic mass is 10.3. The van der Waals surface area contributed by atoms with Gasteiger partial charge in [-0.2, -0.15) is 0 Å². The molecule has 82 valence electrons. The van der Waals surface area contributed by atoms with Gasteiger partial charge in [0.1, 0.15) is 6.54 Å². The van der Waals surface area contributed by atoms with Crippen molar-refractivity contribution in [3.63, 3.8) is 0 Å². The number of aliphatic carboxylic acids is 1. The van der Waals surface area contributed by atoms with Crippen LogP contribution in [0, 0.1) is 0 Å². The Kier molecular flexibility index (Phi) is 3.78. The van der Waals surface area contributed by atoms with E-state index in [1.165, 1.54) is 11.6 Å². The maximum atomic E-state index is 10.6. The highest BCUT2D eigenvalue weighted by atomic mass is 16.4. The van der Waals surface area contributed by atoms with Gasteiger partial charge in [0.05, 0.1) is 5.69 Å². The fourth-order valence-electron chi connectivity index (χ4n) is 1.04. The molecule has 1 heterocycles. The molecule has 0 spiro atoms. The van der Waals surface area contributed by atoms with E-state index in [1.54, 1.807) is 6.20 Å². The molecular weight excluding hydrogens is 200 g/mol. The predicted molar refractivity (Wildman–Crippen MR) is 50.0 cm³/mol. The molecule has 7 nitrogen and oxygen atoms in total. The molecule has 0 saturated heterocycles. The largest absolute Gasteiger partial charge is 0.480 e. The third kappa shape index (κ3) is 4.21. The molecule has 0 aliphatic rings. The summed E-state index contributed by atoms with van der Waals surface area (Å²) in [6, 6.07) is 0. The van der Waals surface area contributed by atoms with Crippen molar-refractivity contribution in [1.29, 1.82) is 0 Å². The first-order chi connectivity index (χ1) is 7.08. The molecule has 1 aromatic rings. The molecule has 0 atom stereocenters. The summed E-state index contributed by atoms with van der Waals surface area (Å²) in [6.07, 6.45) is 2.09. The summed E-state index contributed by atoms with van der Waals surface area (Å²) >= 11 is 0. The molecule has 0 radical (unpaired) electrons. The number of nitrogens with zero attached hydrogens (tertiary/aromatic N) is 3. The van der Waals surface area contributed by atoms with Gasteiger partial charge in [0.2, 0.25) is 5.91 Å². The van der Waals surface area contributed by atoms with Crippen LogP contribution in [0.4, 0.5) is 0 Å². The minimum atomic E-state index is -0.965. The molecule has 0 aliphatic heterocycles. The van der Waals surface area contributed by atoms with E-state index in [0.717, 1.165) is 0 Å². The highest BCUT2D eigenvalue weighted by molar-refractivity contribution is 5.72. The molecule has 1 amide bonds. The van der Waals surface area contributed by atoms with E-state index in [1.807, 2.05) is 0 Å².